The predicted octanol–water partition coefficient (Wildman–Crippen LogP) is 5.11. The fourth-order valence-electron chi connectivity index (χ4n) is 3.25. The molecule has 0 amide bonds. The standard InChI is InChI=1S/C19H16ClF4NO3S/c20-13-2-3-17(25-10-13)18(26)4-1-11-5-15(6-11)29(27,28)16-8-12(19(22,23)24)7-14(21)9-16/h2-3,7-11,15H,1,4-6H2. The van der Waals surface area contributed by atoms with Gasteiger partial charge < -0.3 is 0 Å². The Kier molecular flexibility index (Phi) is 6.01. The van der Waals surface area contributed by atoms with Crippen molar-refractivity contribution in [2.75, 3.05) is 0 Å². The van der Waals surface area contributed by atoms with E-state index in [1.807, 2.05) is 0 Å². The summed E-state index contributed by atoms with van der Waals surface area (Å²) in [5.74, 6) is -1.51. The molecular formula is C19H16ClF4NO3S. The number of carbonyl (C=O) groups is 1. The summed E-state index contributed by atoms with van der Waals surface area (Å²) in [6, 6.07) is 4.37. The maximum absolute atomic E-state index is 13.5. The van der Waals surface area contributed by atoms with Crippen LogP contribution >= 0.6 is 11.6 Å². The molecule has 0 bridgehead atoms. The van der Waals surface area contributed by atoms with Crippen LogP contribution in [-0.4, -0.2) is 24.4 Å². The first-order valence-electron chi connectivity index (χ1n) is 8.73. The molecule has 0 unspecified atom stereocenters. The predicted molar refractivity (Wildman–Crippen MR) is 97.9 cm³/mol. The molecule has 2 aromatic rings. The topological polar surface area (TPSA) is 64.1 Å². The summed E-state index contributed by atoms with van der Waals surface area (Å²) < 4.78 is 77.1. The van der Waals surface area contributed by atoms with Crippen LogP contribution in [0.4, 0.5) is 17.6 Å². The number of carbonyl (C=O) groups excluding carboxylic acids is 1. The van der Waals surface area contributed by atoms with Crippen LogP contribution in [0.2, 0.25) is 5.02 Å². The molecule has 1 fully saturated rings. The van der Waals surface area contributed by atoms with Gasteiger partial charge in [0, 0.05) is 12.6 Å². The van der Waals surface area contributed by atoms with Crippen molar-refractivity contribution in [3.8, 4) is 0 Å². The molecule has 156 valence electrons. The van der Waals surface area contributed by atoms with Crippen molar-refractivity contribution in [3.63, 3.8) is 0 Å². The molecule has 0 radical (unpaired) electrons. The maximum Gasteiger partial charge on any atom is 0.416 e. The number of halogens is 5. The molecule has 1 saturated carbocycles. The van der Waals surface area contributed by atoms with Crippen LogP contribution in [0.3, 0.4) is 0 Å². The summed E-state index contributed by atoms with van der Waals surface area (Å²) in [6.07, 6.45) is -2.46. The van der Waals surface area contributed by atoms with Gasteiger partial charge >= 0.3 is 6.18 Å². The lowest BCUT2D eigenvalue weighted by Gasteiger charge is -2.34. The number of Topliss-reactive ketones (excluding diaryl/α,β-unsaturated/α-hetero) is 1. The summed E-state index contributed by atoms with van der Waals surface area (Å²) in [7, 11) is -4.09. The number of alkyl halides is 3. The second-order valence-corrected chi connectivity index (χ2v) is 9.67. The fraction of sp³-hybridized carbons (Fsp3) is 0.368. The molecule has 1 heterocycles. The zero-order valence-corrected chi connectivity index (χ0v) is 16.5. The fourth-order valence-corrected chi connectivity index (χ4v) is 5.37. The molecule has 1 aromatic carbocycles. The highest BCUT2D eigenvalue weighted by Crippen LogP contribution is 2.40. The van der Waals surface area contributed by atoms with Crippen LogP contribution in [0.25, 0.3) is 0 Å². The lowest BCUT2D eigenvalue weighted by molar-refractivity contribution is -0.137. The van der Waals surface area contributed by atoms with Gasteiger partial charge in [-0.15, -0.1) is 0 Å². The molecule has 0 N–H and O–H groups in total. The highest BCUT2D eigenvalue weighted by atomic mass is 35.5. The van der Waals surface area contributed by atoms with E-state index in [1.54, 1.807) is 6.07 Å². The minimum atomic E-state index is -4.84. The number of nitrogens with zero attached hydrogens (tertiary/aromatic N) is 1. The van der Waals surface area contributed by atoms with E-state index < -0.39 is 37.5 Å². The first-order valence-corrected chi connectivity index (χ1v) is 10.7. The zero-order valence-electron chi connectivity index (χ0n) is 14.9. The number of sulfone groups is 1. The second-order valence-electron chi connectivity index (χ2n) is 7.00. The SMILES string of the molecule is O=C(CCC1CC(S(=O)(=O)c2cc(F)cc(C(F)(F)F)c2)C1)c1ccc(Cl)cn1. The highest BCUT2D eigenvalue weighted by Gasteiger charge is 2.41. The Morgan fingerprint density at radius 3 is 2.45 bits per heavy atom. The van der Waals surface area contributed by atoms with Gasteiger partial charge in [-0.25, -0.2) is 12.8 Å². The molecule has 1 aliphatic carbocycles. The molecule has 1 aliphatic rings. The Morgan fingerprint density at radius 2 is 1.86 bits per heavy atom. The Morgan fingerprint density at radius 1 is 1.17 bits per heavy atom. The van der Waals surface area contributed by atoms with Gasteiger partial charge in [0.05, 0.1) is 20.7 Å². The van der Waals surface area contributed by atoms with Crippen LogP contribution < -0.4 is 0 Å². The van der Waals surface area contributed by atoms with Crippen molar-refractivity contribution in [1.82, 2.24) is 4.98 Å². The van der Waals surface area contributed by atoms with E-state index in [-0.39, 0.29) is 42.7 Å². The van der Waals surface area contributed by atoms with Crippen LogP contribution in [0.1, 0.15) is 41.7 Å². The number of hydrogen-bond donors (Lipinski definition) is 0. The molecule has 0 atom stereocenters. The molecule has 0 spiro atoms. The largest absolute Gasteiger partial charge is 0.416 e. The molecule has 1 aromatic heterocycles. The Labute approximate surface area is 169 Å². The Balaban J connectivity index is 1.61. The van der Waals surface area contributed by atoms with E-state index in [1.165, 1.54) is 12.3 Å². The maximum atomic E-state index is 13.5. The number of pyridine rings is 1. The third-order valence-electron chi connectivity index (χ3n) is 4.95. The number of benzene rings is 1. The third-order valence-corrected chi connectivity index (χ3v) is 7.33. The van der Waals surface area contributed by atoms with E-state index in [4.69, 9.17) is 11.6 Å². The van der Waals surface area contributed by atoms with E-state index in [0.29, 0.717) is 23.6 Å². The number of rotatable bonds is 6. The van der Waals surface area contributed by atoms with E-state index >= 15 is 0 Å². The third kappa shape index (κ3) is 4.95. The van der Waals surface area contributed by atoms with Gasteiger partial charge in [0.15, 0.2) is 15.6 Å². The average molecular weight is 450 g/mol. The van der Waals surface area contributed by atoms with Gasteiger partial charge in [-0.1, -0.05) is 11.6 Å². The zero-order chi connectivity index (χ0) is 21.4. The summed E-state index contributed by atoms with van der Waals surface area (Å²) in [4.78, 5) is 15.4. The lowest BCUT2D eigenvalue weighted by atomic mass is 9.81. The molecular weight excluding hydrogens is 434 g/mol. The van der Waals surface area contributed by atoms with Crippen LogP contribution in [0.5, 0.6) is 0 Å². The Bertz CT molecular complexity index is 1020. The highest BCUT2D eigenvalue weighted by molar-refractivity contribution is 7.92. The smallest absolute Gasteiger partial charge is 0.292 e. The van der Waals surface area contributed by atoms with Crippen molar-refractivity contribution in [1.29, 1.82) is 0 Å². The first kappa shape index (κ1) is 21.7. The van der Waals surface area contributed by atoms with Gasteiger partial charge in [-0.2, -0.15) is 13.2 Å². The van der Waals surface area contributed by atoms with Crippen molar-refractivity contribution in [3.05, 3.63) is 58.6 Å². The van der Waals surface area contributed by atoms with Crippen LogP contribution in [-0.2, 0) is 16.0 Å². The van der Waals surface area contributed by atoms with E-state index in [9.17, 15) is 30.8 Å². The van der Waals surface area contributed by atoms with E-state index in [2.05, 4.69) is 4.98 Å². The quantitative estimate of drug-likeness (QED) is 0.454. The number of hydrogen-bond acceptors (Lipinski definition) is 4. The van der Waals surface area contributed by atoms with Gasteiger partial charge in [-0.3, -0.25) is 9.78 Å². The Hall–Kier alpha value is -2.00. The van der Waals surface area contributed by atoms with Crippen LogP contribution in [0.15, 0.2) is 41.4 Å². The number of ketones is 1. The van der Waals surface area contributed by atoms with Crippen molar-refractivity contribution in [2.24, 2.45) is 5.92 Å². The summed E-state index contributed by atoms with van der Waals surface area (Å²) >= 11 is 5.71. The lowest BCUT2D eigenvalue weighted by Crippen LogP contribution is -2.36. The van der Waals surface area contributed by atoms with Gasteiger partial charge in [-0.05, 0) is 55.5 Å². The summed E-state index contributed by atoms with van der Waals surface area (Å²) in [6.45, 7) is 0. The van der Waals surface area contributed by atoms with Crippen molar-refractivity contribution in [2.45, 2.75) is 42.0 Å². The van der Waals surface area contributed by atoms with Crippen LogP contribution in [0, 0.1) is 11.7 Å². The minimum Gasteiger partial charge on any atom is -0.292 e. The summed E-state index contributed by atoms with van der Waals surface area (Å²) in [5, 5.41) is -0.487. The molecule has 0 saturated heterocycles. The van der Waals surface area contributed by atoms with Crippen molar-refractivity contribution >= 4 is 27.2 Å². The molecule has 3 rings (SSSR count). The number of aromatic nitrogens is 1. The second kappa shape index (κ2) is 8.02. The molecule has 0 aliphatic heterocycles. The van der Waals surface area contributed by atoms with Gasteiger partial charge in [0.25, 0.3) is 0 Å². The van der Waals surface area contributed by atoms with Gasteiger partial charge in [0.1, 0.15) is 11.5 Å². The minimum absolute atomic E-state index is 0.0540. The van der Waals surface area contributed by atoms with Crippen molar-refractivity contribution < 1.29 is 30.8 Å². The molecule has 29 heavy (non-hydrogen) atoms. The summed E-state index contributed by atoms with van der Waals surface area (Å²) in [5.41, 5.74) is -1.08. The molecule has 10 heteroatoms. The molecule has 4 nitrogen and oxygen atoms in total. The average Bonchev–Trinajstić information content (AvgIpc) is 2.59. The normalized spacial score (nSPS) is 19.6. The monoisotopic (exact) mass is 449 g/mol. The van der Waals surface area contributed by atoms with Gasteiger partial charge in [0.2, 0.25) is 0 Å². The first-order chi connectivity index (χ1) is 13.5. The van der Waals surface area contributed by atoms with E-state index in [0.717, 1.165) is 0 Å².